The van der Waals surface area contributed by atoms with Crippen molar-refractivity contribution in [3.8, 4) is 0 Å². The van der Waals surface area contributed by atoms with E-state index < -0.39 is 17.1 Å². The highest BCUT2D eigenvalue weighted by atomic mass is 32.2. The van der Waals surface area contributed by atoms with Gasteiger partial charge in [-0.3, -0.25) is 14.4 Å². The quantitative estimate of drug-likeness (QED) is 0.240. The number of nitrogens with one attached hydrogen (secondary N) is 2. The number of hydrogen-bond acceptors (Lipinski definition) is 5. The lowest BCUT2D eigenvalue weighted by molar-refractivity contribution is -0.121. The SMILES string of the molecule is O=C(O)c1cccc2cccc(C(=O)Nc3cccc(SC4CC(=O)N(c5ccc6cc[nH]c6c5)C4=O)c3)c12. The predicted molar refractivity (Wildman–Crippen MR) is 150 cm³/mol. The molecule has 1 aromatic heterocycles. The number of aromatic carboxylic acids is 1. The summed E-state index contributed by atoms with van der Waals surface area (Å²) in [4.78, 5) is 56.0. The molecule has 1 fully saturated rings. The van der Waals surface area contributed by atoms with E-state index in [1.807, 2.05) is 18.2 Å². The average molecular weight is 536 g/mol. The molecule has 0 radical (unpaired) electrons. The maximum atomic E-state index is 13.2. The van der Waals surface area contributed by atoms with Crippen LogP contribution in [0.15, 0.2) is 96.0 Å². The van der Waals surface area contributed by atoms with Gasteiger partial charge in [0.15, 0.2) is 0 Å². The van der Waals surface area contributed by atoms with E-state index in [-0.39, 0.29) is 29.4 Å². The van der Waals surface area contributed by atoms with Crippen molar-refractivity contribution in [3.63, 3.8) is 0 Å². The van der Waals surface area contributed by atoms with E-state index in [0.29, 0.717) is 27.0 Å². The first-order valence-corrected chi connectivity index (χ1v) is 13.0. The summed E-state index contributed by atoms with van der Waals surface area (Å²) in [6.07, 6.45) is 1.87. The second-order valence-electron chi connectivity index (χ2n) is 9.12. The first-order chi connectivity index (χ1) is 18.9. The number of carbonyl (C=O) groups is 4. The summed E-state index contributed by atoms with van der Waals surface area (Å²) in [6, 6.07) is 24.3. The second-order valence-corrected chi connectivity index (χ2v) is 10.4. The third-order valence-electron chi connectivity index (χ3n) is 6.65. The van der Waals surface area contributed by atoms with Crippen molar-refractivity contribution in [1.82, 2.24) is 4.98 Å². The molecule has 192 valence electrons. The highest BCUT2D eigenvalue weighted by Crippen LogP contribution is 2.36. The molecule has 4 aromatic carbocycles. The van der Waals surface area contributed by atoms with Crippen molar-refractivity contribution in [2.24, 2.45) is 0 Å². The Hall–Kier alpha value is -4.89. The van der Waals surface area contributed by atoms with Crippen molar-refractivity contribution < 1.29 is 24.3 Å². The molecule has 0 bridgehead atoms. The summed E-state index contributed by atoms with van der Waals surface area (Å²) in [5.41, 5.74) is 2.15. The molecular weight excluding hydrogens is 514 g/mol. The second kappa shape index (κ2) is 9.77. The van der Waals surface area contributed by atoms with Crippen LogP contribution in [0, 0.1) is 0 Å². The molecule has 1 unspecified atom stereocenters. The Labute approximate surface area is 226 Å². The molecule has 1 aliphatic rings. The Bertz CT molecular complexity index is 1810. The van der Waals surface area contributed by atoms with E-state index >= 15 is 0 Å². The molecule has 1 atom stereocenters. The van der Waals surface area contributed by atoms with Crippen molar-refractivity contribution >= 4 is 68.5 Å². The van der Waals surface area contributed by atoms with Gasteiger partial charge in [-0.2, -0.15) is 0 Å². The van der Waals surface area contributed by atoms with Crippen LogP contribution in [0.2, 0.25) is 0 Å². The van der Waals surface area contributed by atoms with Gasteiger partial charge in [0.2, 0.25) is 11.8 Å². The number of carbonyl (C=O) groups excluding carboxylic acids is 3. The number of thioether (sulfide) groups is 1. The molecule has 6 rings (SSSR count). The molecule has 1 aliphatic heterocycles. The lowest BCUT2D eigenvalue weighted by Crippen LogP contribution is -2.31. The number of benzene rings is 4. The van der Waals surface area contributed by atoms with E-state index in [9.17, 15) is 24.3 Å². The number of amides is 3. The van der Waals surface area contributed by atoms with Crippen LogP contribution in [0.25, 0.3) is 21.7 Å². The normalized spacial score (nSPS) is 15.3. The van der Waals surface area contributed by atoms with Gasteiger partial charge in [-0.15, -0.1) is 11.8 Å². The highest BCUT2D eigenvalue weighted by Gasteiger charge is 2.40. The third kappa shape index (κ3) is 4.53. The lowest BCUT2D eigenvalue weighted by Gasteiger charge is -2.15. The number of aromatic amines is 1. The van der Waals surface area contributed by atoms with E-state index in [2.05, 4.69) is 10.3 Å². The maximum absolute atomic E-state index is 13.2. The molecule has 2 heterocycles. The van der Waals surface area contributed by atoms with Gasteiger partial charge in [-0.25, -0.2) is 9.69 Å². The zero-order valence-electron chi connectivity index (χ0n) is 20.4. The minimum atomic E-state index is -1.11. The van der Waals surface area contributed by atoms with Gasteiger partial charge in [-0.1, -0.05) is 36.4 Å². The lowest BCUT2D eigenvalue weighted by atomic mass is 9.98. The molecule has 3 amide bonds. The zero-order valence-corrected chi connectivity index (χ0v) is 21.2. The Balaban J connectivity index is 1.21. The van der Waals surface area contributed by atoms with E-state index in [1.54, 1.807) is 66.9 Å². The summed E-state index contributed by atoms with van der Waals surface area (Å²) in [5.74, 6) is -2.12. The molecule has 39 heavy (non-hydrogen) atoms. The number of imide groups is 1. The van der Waals surface area contributed by atoms with Gasteiger partial charge in [-0.05, 0) is 59.3 Å². The maximum Gasteiger partial charge on any atom is 0.336 e. The van der Waals surface area contributed by atoms with Gasteiger partial charge in [0.1, 0.15) is 0 Å². The number of H-pyrrole nitrogens is 1. The zero-order chi connectivity index (χ0) is 27.1. The van der Waals surface area contributed by atoms with Gasteiger partial charge in [0, 0.05) is 39.7 Å². The number of hydrogen-bond donors (Lipinski definition) is 3. The Morgan fingerprint density at radius 2 is 1.67 bits per heavy atom. The minimum absolute atomic E-state index is 0.0481. The molecule has 8 nitrogen and oxygen atoms in total. The van der Waals surface area contributed by atoms with Gasteiger partial charge >= 0.3 is 5.97 Å². The van der Waals surface area contributed by atoms with Crippen molar-refractivity contribution in [3.05, 3.63) is 102 Å². The molecule has 9 heteroatoms. The average Bonchev–Trinajstić information content (AvgIpc) is 3.50. The highest BCUT2D eigenvalue weighted by molar-refractivity contribution is 8.00. The summed E-state index contributed by atoms with van der Waals surface area (Å²) in [5, 5.41) is 13.9. The number of nitrogens with zero attached hydrogens (tertiary/aromatic N) is 1. The number of carboxylic acids is 1. The largest absolute Gasteiger partial charge is 0.478 e. The van der Waals surface area contributed by atoms with Crippen LogP contribution in [0.5, 0.6) is 0 Å². The van der Waals surface area contributed by atoms with Crippen LogP contribution < -0.4 is 10.2 Å². The molecule has 0 saturated carbocycles. The number of anilines is 2. The standard InChI is InChI=1S/C30H21N3O5S/c34-26-16-25(29(36)33(26)20-11-10-17-12-13-31-24(17)15-20)39-21-7-3-6-19(14-21)32-28(35)22-8-1-4-18-5-2-9-23(27(18)22)30(37)38/h1-15,25,31H,16H2,(H,32,35)(H,37,38). The van der Waals surface area contributed by atoms with Crippen LogP contribution in [0.1, 0.15) is 27.1 Å². The Morgan fingerprint density at radius 1 is 0.897 bits per heavy atom. The van der Waals surface area contributed by atoms with Crippen LogP contribution in [0.3, 0.4) is 0 Å². The van der Waals surface area contributed by atoms with Crippen molar-refractivity contribution in [2.75, 3.05) is 10.2 Å². The summed E-state index contributed by atoms with van der Waals surface area (Å²) < 4.78 is 0. The monoisotopic (exact) mass is 535 g/mol. The Kier molecular flexibility index (Phi) is 6.12. The molecule has 0 spiro atoms. The van der Waals surface area contributed by atoms with Crippen molar-refractivity contribution in [1.29, 1.82) is 0 Å². The molecular formula is C30H21N3O5S. The smallest absolute Gasteiger partial charge is 0.336 e. The fourth-order valence-electron chi connectivity index (χ4n) is 4.86. The van der Waals surface area contributed by atoms with Crippen LogP contribution in [-0.4, -0.2) is 39.0 Å². The van der Waals surface area contributed by atoms with E-state index in [4.69, 9.17) is 0 Å². The topological polar surface area (TPSA) is 120 Å². The van der Waals surface area contributed by atoms with Gasteiger partial charge in [0.05, 0.1) is 16.5 Å². The van der Waals surface area contributed by atoms with E-state index in [0.717, 1.165) is 10.9 Å². The van der Waals surface area contributed by atoms with E-state index in [1.165, 1.54) is 22.7 Å². The first-order valence-electron chi connectivity index (χ1n) is 12.2. The number of fused-ring (bicyclic) bond motifs is 2. The summed E-state index contributed by atoms with van der Waals surface area (Å²) in [6.45, 7) is 0. The van der Waals surface area contributed by atoms with Gasteiger partial charge in [0.25, 0.3) is 5.91 Å². The number of aromatic nitrogens is 1. The predicted octanol–water partition coefficient (Wildman–Crippen LogP) is 5.70. The van der Waals surface area contributed by atoms with Gasteiger partial charge < -0.3 is 15.4 Å². The Morgan fingerprint density at radius 3 is 2.46 bits per heavy atom. The number of carboxylic acid groups (broad SMARTS) is 1. The third-order valence-corrected chi connectivity index (χ3v) is 7.83. The number of rotatable bonds is 6. The minimum Gasteiger partial charge on any atom is -0.478 e. The summed E-state index contributed by atoms with van der Waals surface area (Å²) in [7, 11) is 0. The fourth-order valence-corrected chi connectivity index (χ4v) is 5.97. The van der Waals surface area contributed by atoms with Crippen molar-refractivity contribution in [2.45, 2.75) is 16.6 Å². The van der Waals surface area contributed by atoms with Crippen LogP contribution in [-0.2, 0) is 9.59 Å². The molecule has 3 N–H and O–H groups in total. The van der Waals surface area contributed by atoms with Crippen LogP contribution >= 0.6 is 11.8 Å². The first kappa shape index (κ1) is 24.4. The fraction of sp³-hybridized carbons (Fsp3) is 0.0667. The molecule has 1 saturated heterocycles. The summed E-state index contributed by atoms with van der Waals surface area (Å²) >= 11 is 1.26. The molecule has 5 aromatic rings. The molecule has 0 aliphatic carbocycles. The van der Waals surface area contributed by atoms with Crippen LogP contribution in [0.4, 0.5) is 11.4 Å².